The minimum Gasteiger partial charge on any atom is -0.258 e. The van der Waals surface area contributed by atoms with Crippen molar-refractivity contribution in [2.45, 2.75) is 0 Å². The third kappa shape index (κ3) is 4.79. The summed E-state index contributed by atoms with van der Waals surface area (Å²) in [6, 6.07) is 0. The third-order valence-electron chi connectivity index (χ3n) is 0.928. The minimum absolute atomic E-state index is 0.0995. The zero-order valence-corrected chi connectivity index (χ0v) is 7.75. The van der Waals surface area contributed by atoms with Crippen LogP contribution in [0.5, 0.6) is 0 Å². The second-order valence-electron chi connectivity index (χ2n) is 1.85. The lowest BCUT2D eigenvalue weighted by Gasteiger charge is -1.85. The molecule has 0 N–H and O–H groups in total. The second-order valence-corrected chi connectivity index (χ2v) is 2.42. The van der Waals surface area contributed by atoms with E-state index in [1.165, 1.54) is 6.08 Å². The summed E-state index contributed by atoms with van der Waals surface area (Å²) in [7, 11) is 0. The highest BCUT2D eigenvalue weighted by molar-refractivity contribution is 9.09. The van der Waals surface area contributed by atoms with Gasteiger partial charge in [0.25, 0.3) is 5.70 Å². The van der Waals surface area contributed by atoms with Crippen LogP contribution in [0.1, 0.15) is 0 Å². The molecule has 0 fully saturated rings. The smallest absolute Gasteiger partial charge is 0.258 e. The first-order chi connectivity index (χ1) is 5.57. The van der Waals surface area contributed by atoms with Crippen LogP contribution in [0.2, 0.25) is 0 Å². The highest BCUT2D eigenvalue weighted by Gasteiger charge is 1.97. The Kier molecular flexibility index (Phi) is 5.19. The van der Waals surface area contributed by atoms with Crippen molar-refractivity contribution in [3.8, 4) is 0 Å². The van der Waals surface area contributed by atoms with Crippen molar-refractivity contribution in [1.29, 1.82) is 0 Å². The lowest BCUT2D eigenvalue weighted by Crippen LogP contribution is -1.91. The van der Waals surface area contributed by atoms with Gasteiger partial charge in [-0.3, -0.25) is 10.1 Å². The second kappa shape index (κ2) is 5.65. The summed E-state index contributed by atoms with van der Waals surface area (Å²) in [5.74, 6) is -0.401. The van der Waals surface area contributed by atoms with Crippen LogP contribution in [-0.2, 0) is 0 Å². The number of halogens is 2. The van der Waals surface area contributed by atoms with E-state index in [1.807, 2.05) is 0 Å². The number of alkyl halides is 1. The highest BCUT2D eigenvalue weighted by Crippen LogP contribution is 2.01. The molecule has 0 radical (unpaired) electrons. The Morgan fingerprint density at radius 3 is 2.75 bits per heavy atom. The van der Waals surface area contributed by atoms with E-state index in [1.54, 1.807) is 0 Å². The topological polar surface area (TPSA) is 43.1 Å². The molecule has 0 aromatic heterocycles. The lowest BCUT2D eigenvalue weighted by atomic mass is 10.4. The van der Waals surface area contributed by atoms with Crippen molar-refractivity contribution in [3.05, 3.63) is 46.4 Å². The molecule has 5 heteroatoms. The third-order valence-corrected chi connectivity index (χ3v) is 1.46. The normalized spacial score (nSPS) is 12.0. The van der Waals surface area contributed by atoms with Gasteiger partial charge in [-0.25, -0.2) is 4.39 Å². The van der Waals surface area contributed by atoms with Crippen LogP contribution < -0.4 is 0 Å². The fourth-order valence-electron chi connectivity index (χ4n) is 0.369. The van der Waals surface area contributed by atoms with E-state index in [0.717, 1.165) is 12.2 Å². The Balaban J connectivity index is 4.09. The molecule has 0 bridgehead atoms. The van der Waals surface area contributed by atoms with E-state index < -0.39 is 10.8 Å². The van der Waals surface area contributed by atoms with Crippen LogP contribution >= 0.6 is 15.9 Å². The molecule has 0 amide bonds. The van der Waals surface area contributed by atoms with E-state index in [0.29, 0.717) is 0 Å². The Bertz CT molecular complexity index is 248. The quantitative estimate of drug-likeness (QED) is 0.326. The van der Waals surface area contributed by atoms with Gasteiger partial charge in [0.05, 0.1) is 10.3 Å². The molecular formula is C7H7BrFNO2. The lowest BCUT2D eigenvalue weighted by molar-refractivity contribution is -0.418. The van der Waals surface area contributed by atoms with Gasteiger partial charge in [-0.05, 0) is 12.7 Å². The maximum atomic E-state index is 12.3. The number of hydrogen-bond acceptors (Lipinski definition) is 2. The molecule has 0 saturated carbocycles. The van der Waals surface area contributed by atoms with E-state index >= 15 is 0 Å². The van der Waals surface area contributed by atoms with Gasteiger partial charge in [-0.15, -0.1) is 0 Å². The maximum Gasteiger partial charge on any atom is 0.262 e. The summed E-state index contributed by atoms with van der Waals surface area (Å²) in [6.45, 7) is 3.13. The Morgan fingerprint density at radius 2 is 2.33 bits per heavy atom. The van der Waals surface area contributed by atoms with E-state index in [9.17, 15) is 14.5 Å². The molecule has 0 rings (SSSR count). The van der Waals surface area contributed by atoms with Crippen molar-refractivity contribution in [3.63, 3.8) is 0 Å². The van der Waals surface area contributed by atoms with E-state index in [-0.39, 0.29) is 11.0 Å². The summed E-state index contributed by atoms with van der Waals surface area (Å²) < 4.78 is 12.3. The first-order valence-corrected chi connectivity index (χ1v) is 4.12. The SMILES string of the molecule is C=C(/C=C\C=C(\F)CBr)[N+](=O)[O-]. The number of allylic oxidation sites excluding steroid dienone is 4. The average Bonchev–Trinajstić information content (AvgIpc) is 2.03. The van der Waals surface area contributed by atoms with E-state index in [4.69, 9.17) is 0 Å². The van der Waals surface area contributed by atoms with Crippen LogP contribution in [0.25, 0.3) is 0 Å². The zero-order chi connectivity index (χ0) is 9.56. The first-order valence-electron chi connectivity index (χ1n) is 3.00. The van der Waals surface area contributed by atoms with Gasteiger partial charge in [-0.2, -0.15) is 0 Å². The fraction of sp³-hybridized carbons (Fsp3) is 0.143. The summed E-state index contributed by atoms with van der Waals surface area (Å²) >= 11 is 2.88. The van der Waals surface area contributed by atoms with Crippen molar-refractivity contribution in [2.75, 3.05) is 5.33 Å². The molecule has 66 valence electrons. The monoisotopic (exact) mass is 235 g/mol. The zero-order valence-electron chi connectivity index (χ0n) is 6.17. The van der Waals surface area contributed by atoms with Gasteiger partial charge >= 0.3 is 0 Å². The summed E-state index contributed by atoms with van der Waals surface area (Å²) in [4.78, 5) is 9.33. The van der Waals surface area contributed by atoms with Crippen molar-refractivity contribution in [1.82, 2.24) is 0 Å². The predicted molar refractivity (Wildman–Crippen MR) is 48.3 cm³/mol. The van der Waals surface area contributed by atoms with Crippen molar-refractivity contribution in [2.24, 2.45) is 0 Å². The Labute approximate surface area is 77.5 Å². The molecule has 0 atom stereocenters. The largest absolute Gasteiger partial charge is 0.262 e. The number of rotatable bonds is 4. The standard InChI is InChI=1S/C7H7BrFNO2/c1-6(10(11)12)3-2-4-7(9)5-8/h2-4H,1,5H2/b3-2-,7-4+. The van der Waals surface area contributed by atoms with Crippen LogP contribution in [0.15, 0.2) is 36.3 Å². The molecule has 0 heterocycles. The van der Waals surface area contributed by atoms with Crippen LogP contribution in [-0.4, -0.2) is 10.3 Å². The molecule has 0 aliphatic carbocycles. The van der Waals surface area contributed by atoms with Crippen molar-refractivity contribution < 1.29 is 9.31 Å². The van der Waals surface area contributed by atoms with Gasteiger partial charge in [0.15, 0.2) is 0 Å². The van der Waals surface area contributed by atoms with Gasteiger partial charge < -0.3 is 0 Å². The van der Waals surface area contributed by atoms with Crippen LogP contribution in [0.4, 0.5) is 4.39 Å². The number of nitro groups is 1. The van der Waals surface area contributed by atoms with Gasteiger partial charge in [-0.1, -0.05) is 22.0 Å². The molecule has 0 saturated heterocycles. The van der Waals surface area contributed by atoms with Crippen molar-refractivity contribution >= 4 is 15.9 Å². The van der Waals surface area contributed by atoms with E-state index in [2.05, 4.69) is 22.5 Å². The van der Waals surface area contributed by atoms with Gasteiger partial charge in [0, 0.05) is 6.08 Å². The molecule has 0 aliphatic heterocycles. The van der Waals surface area contributed by atoms with Crippen LogP contribution in [0, 0.1) is 10.1 Å². The van der Waals surface area contributed by atoms with Gasteiger partial charge in [0.1, 0.15) is 5.83 Å². The fourth-order valence-corrected chi connectivity index (χ4v) is 0.556. The predicted octanol–water partition coefficient (Wildman–Crippen LogP) is 2.58. The summed E-state index contributed by atoms with van der Waals surface area (Å²) in [5, 5.41) is 10.1. The summed E-state index contributed by atoms with van der Waals surface area (Å²) in [5.41, 5.74) is -0.270. The Hall–Kier alpha value is -0.970. The molecule has 0 aliphatic rings. The van der Waals surface area contributed by atoms with Gasteiger partial charge in [0.2, 0.25) is 0 Å². The first kappa shape index (κ1) is 11.0. The minimum atomic E-state index is -0.642. The molecular weight excluding hydrogens is 229 g/mol. The number of nitrogens with zero attached hydrogens (tertiary/aromatic N) is 1. The summed E-state index contributed by atoms with van der Waals surface area (Å²) in [6.07, 6.45) is 3.49. The van der Waals surface area contributed by atoms with Crippen LogP contribution in [0.3, 0.4) is 0 Å². The maximum absolute atomic E-state index is 12.3. The molecule has 0 aromatic rings. The molecule has 0 unspecified atom stereocenters. The molecule has 12 heavy (non-hydrogen) atoms. The number of hydrogen-bond donors (Lipinski definition) is 0. The highest BCUT2D eigenvalue weighted by atomic mass is 79.9. The molecule has 0 aromatic carbocycles. The average molecular weight is 236 g/mol. The Morgan fingerprint density at radius 1 is 1.75 bits per heavy atom. The molecule has 3 nitrogen and oxygen atoms in total. The molecule has 0 spiro atoms.